The smallest absolute Gasteiger partial charge is 0.340 e. The lowest BCUT2D eigenvalue weighted by molar-refractivity contribution is -0.000264. The van der Waals surface area contributed by atoms with E-state index in [1.165, 1.54) is 6.20 Å². The molecule has 2 aliphatic heterocycles. The maximum atomic E-state index is 12.7. The van der Waals surface area contributed by atoms with Crippen molar-refractivity contribution in [1.82, 2.24) is 8.87 Å². The molecule has 25 heavy (non-hydrogen) atoms. The topological polar surface area (TPSA) is 68.6 Å². The zero-order valence-electron chi connectivity index (χ0n) is 14.4. The van der Waals surface area contributed by atoms with E-state index in [1.807, 2.05) is 0 Å². The Hall–Kier alpha value is -1.86. The molecule has 0 amide bonds. The summed E-state index contributed by atoms with van der Waals surface area (Å²) in [6.07, 6.45) is 6.43. The molecule has 0 spiro atoms. The van der Waals surface area contributed by atoms with E-state index in [0.29, 0.717) is 28.6 Å². The van der Waals surface area contributed by atoms with Crippen molar-refractivity contribution in [3.63, 3.8) is 0 Å². The van der Waals surface area contributed by atoms with Crippen LogP contribution in [0.3, 0.4) is 0 Å². The van der Waals surface area contributed by atoms with Crippen LogP contribution in [0.1, 0.15) is 36.0 Å². The fourth-order valence-corrected chi connectivity index (χ4v) is 5.07. The molecule has 7 heteroatoms. The first-order valence-corrected chi connectivity index (χ1v) is 10.4. The van der Waals surface area contributed by atoms with Crippen LogP contribution in [0.4, 0.5) is 0 Å². The highest BCUT2D eigenvalue weighted by Crippen LogP contribution is 2.36. The molecule has 3 atom stereocenters. The molecule has 1 aromatic carbocycles. The van der Waals surface area contributed by atoms with Gasteiger partial charge in [0.25, 0.3) is 0 Å². The van der Waals surface area contributed by atoms with Crippen LogP contribution in [0, 0.1) is 0 Å². The van der Waals surface area contributed by atoms with Gasteiger partial charge in [0.15, 0.2) is 0 Å². The van der Waals surface area contributed by atoms with E-state index < -0.39 is 16.0 Å². The molecule has 134 valence electrons. The van der Waals surface area contributed by atoms with Crippen molar-refractivity contribution in [2.45, 2.75) is 43.9 Å². The average molecular weight is 362 g/mol. The Bertz CT molecular complexity index is 920. The monoisotopic (exact) mass is 362 g/mol. The van der Waals surface area contributed by atoms with Gasteiger partial charge < -0.3 is 9.64 Å². The molecule has 6 nitrogen and oxygen atoms in total. The van der Waals surface area contributed by atoms with Gasteiger partial charge in [-0.2, -0.15) is 0 Å². The SMILES string of the molecule is CN1[C@@H]2CC[C@H]1C[C@@H](OC(=O)c1cn(S(C)(=O)=O)c3ccccc13)C2. The Kier molecular flexibility index (Phi) is 3.88. The number of para-hydroxylation sites is 1. The molecule has 3 heterocycles. The summed E-state index contributed by atoms with van der Waals surface area (Å²) >= 11 is 0. The highest BCUT2D eigenvalue weighted by molar-refractivity contribution is 7.89. The van der Waals surface area contributed by atoms with Crippen molar-refractivity contribution >= 4 is 26.9 Å². The number of carbonyl (C=O) groups excluding carboxylic acids is 1. The van der Waals surface area contributed by atoms with Crippen LogP contribution in [0.25, 0.3) is 10.9 Å². The maximum Gasteiger partial charge on any atom is 0.340 e. The number of aromatic nitrogens is 1. The molecule has 2 bridgehead atoms. The minimum Gasteiger partial charge on any atom is -0.459 e. The molecule has 2 aliphatic rings. The minimum absolute atomic E-state index is 0.0958. The van der Waals surface area contributed by atoms with E-state index in [4.69, 9.17) is 4.74 Å². The van der Waals surface area contributed by atoms with E-state index in [-0.39, 0.29) is 6.10 Å². The summed E-state index contributed by atoms with van der Waals surface area (Å²) in [4.78, 5) is 15.1. The lowest BCUT2D eigenvalue weighted by atomic mass is 10.0. The second-order valence-corrected chi connectivity index (χ2v) is 9.03. The number of hydrogen-bond donors (Lipinski definition) is 0. The summed E-state index contributed by atoms with van der Waals surface area (Å²) < 4.78 is 30.9. The fourth-order valence-electron chi connectivity index (χ4n) is 4.26. The van der Waals surface area contributed by atoms with Gasteiger partial charge in [-0.25, -0.2) is 17.2 Å². The van der Waals surface area contributed by atoms with Gasteiger partial charge in [-0.3, -0.25) is 0 Å². The van der Waals surface area contributed by atoms with Gasteiger partial charge in [0.2, 0.25) is 10.0 Å². The third-order valence-electron chi connectivity index (χ3n) is 5.58. The largest absolute Gasteiger partial charge is 0.459 e. The summed E-state index contributed by atoms with van der Waals surface area (Å²) in [5.41, 5.74) is 0.813. The molecule has 0 radical (unpaired) electrons. The predicted octanol–water partition coefficient (Wildman–Crippen LogP) is 2.23. The number of benzene rings is 1. The van der Waals surface area contributed by atoms with Gasteiger partial charge in [0.1, 0.15) is 6.10 Å². The quantitative estimate of drug-likeness (QED) is 0.783. The molecular weight excluding hydrogens is 340 g/mol. The molecule has 0 N–H and O–H groups in total. The Morgan fingerprint density at radius 3 is 2.44 bits per heavy atom. The van der Waals surface area contributed by atoms with Crippen molar-refractivity contribution in [2.24, 2.45) is 0 Å². The highest BCUT2D eigenvalue weighted by Gasteiger charge is 2.40. The molecule has 2 saturated heterocycles. The summed E-state index contributed by atoms with van der Waals surface area (Å²) in [5, 5.41) is 0.605. The summed E-state index contributed by atoms with van der Waals surface area (Å²) in [5.74, 6) is -0.437. The van der Waals surface area contributed by atoms with Crippen molar-refractivity contribution in [2.75, 3.05) is 13.3 Å². The van der Waals surface area contributed by atoms with E-state index in [0.717, 1.165) is 35.9 Å². The van der Waals surface area contributed by atoms with Crippen LogP contribution in [-0.4, -0.2) is 54.8 Å². The van der Waals surface area contributed by atoms with Crippen molar-refractivity contribution in [1.29, 1.82) is 0 Å². The number of carbonyl (C=O) groups is 1. The van der Waals surface area contributed by atoms with Crippen LogP contribution in [-0.2, 0) is 14.8 Å². The van der Waals surface area contributed by atoms with Crippen molar-refractivity contribution in [3.8, 4) is 0 Å². The molecule has 2 fully saturated rings. The maximum absolute atomic E-state index is 12.7. The van der Waals surface area contributed by atoms with Crippen molar-refractivity contribution in [3.05, 3.63) is 36.0 Å². The third kappa shape index (κ3) is 2.85. The Labute approximate surface area is 147 Å². The van der Waals surface area contributed by atoms with Gasteiger partial charge in [-0.1, -0.05) is 18.2 Å². The molecular formula is C18H22N2O4S. The lowest BCUT2D eigenvalue weighted by Gasteiger charge is -2.35. The fraction of sp³-hybridized carbons (Fsp3) is 0.500. The lowest BCUT2D eigenvalue weighted by Crippen LogP contribution is -2.43. The first kappa shape index (κ1) is 16.6. The Morgan fingerprint density at radius 2 is 1.80 bits per heavy atom. The summed E-state index contributed by atoms with van der Waals surface area (Å²) in [6, 6.07) is 7.97. The number of hydrogen-bond acceptors (Lipinski definition) is 5. The van der Waals surface area contributed by atoms with Crippen LogP contribution in [0.5, 0.6) is 0 Å². The Balaban J connectivity index is 1.63. The number of esters is 1. The summed E-state index contributed by atoms with van der Waals surface area (Å²) in [7, 11) is -1.35. The molecule has 0 unspecified atom stereocenters. The normalized spacial score (nSPS) is 26.9. The van der Waals surface area contributed by atoms with Gasteiger partial charge in [0.05, 0.1) is 17.3 Å². The van der Waals surface area contributed by atoms with Gasteiger partial charge in [-0.15, -0.1) is 0 Å². The first-order valence-electron chi connectivity index (χ1n) is 8.58. The molecule has 1 aromatic heterocycles. The second-order valence-electron chi connectivity index (χ2n) is 7.17. The van der Waals surface area contributed by atoms with Crippen LogP contribution < -0.4 is 0 Å². The number of piperidine rings is 1. The number of fused-ring (bicyclic) bond motifs is 3. The minimum atomic E-state index is -3.49. The number of rotatable bonds is 3. The van der Waals surface area contributed by atoms with E-state index >= 15 is 0 Å². The highest BCUT2D eigenvalue weighted by atomic mass is 32.2. The predicted molar refractivity (Wildman–Crippen MR) is 95.2 cm³/mol. The van der Waals surface area contributed by atoms with Gasteiger partial charge in [-0.05, 0) is 26.0 Å². The third-order valence-corrected chi connectivity index (χ3v) is 6.60. The molecule has 2 aromatic rings. The first-order chi connectivity index (χ1) is 11.8. The van der Waals surface area contributed by atoms with Crippen molar-refractivity contribution < 1.29 is 17.9 Å². The zero-order chi connectivity index (χ0) is 17.8. The molecule has 4 rings (SSSR count). The standard InChI is InChI=1S/C18H22N2O4S/c1-19-12-7-8-13(19)10-14(9-12)24-18(21)16-11-20(25(2,22)23)17-6-4-3-5-15(16)17/h3-6,11-14H,7-10H2,1-2H3/t12-,13+,14+. The Morgan fingerprint density at radius 1 is 1.16 bits per heavy atom. The van der Waals surface area contributed by atoms with Gasteiger partial charge >= 0.3 is 5.97 Å². The number of nitrogens with zero attached hydrogens (tertiary/aromatic N) is 2. The summed E-state index contributed by atoms with van der Waals surface area (Å²) in [6.45, 7) is 0. The van der Waals surface area contributed by atoms with Crippen LogP contribution in [0.2, 0.25) is 0 Å². The molecule has 0 saturated carbocycles. The van der Waals surface area contributed by atoms with E-state index in [9.17, 15) is 13.2 Å². The average Bonchev–Trinajstić information content (AvgIpc) is 3.02. The van der Waals surface area contributed by atoms with Crippen LogP contribution in [0.15, 0.2) is 30.5 Å². The zero-order valence-corrected chi connectivity index (χ0v) is 15.2. The van der Waals surface area contributed by atoms with Crippen LogP contribution >= 0.6 is 0 Å². The van der Waals surface area contributed by atoms with E-state index in [2.05, 4.69) is 11.9 Å². The second kappa shape index (κ2) is 5.85. The number of ether oxygens (including phenoxy) is 1. The van der Waals surface area contributed by atoms with Gasteiger partial charge in [0, 0.05) is 36.5 Å². The molecule has 0 aliphatic carbocycles. The van der Waals surface area contributed by atoms with E-state index in [1.54, 1.807) is 24.3 Å².